The van der Waals surface area contributed by atoms with Crippen LogP contribution in [-0.2, 0) is 0 Å². The second-order valence-corrected chi connectivity index (χ2v) is 3.45. The van der Waals surface area contributed by atoms with Crippen molar-refractivity contribution in [1.82, 2.24) is 10.3 Å². The SMILES string of the molecule is CCNCCCCCOc1cccnc1. The average molecular weight is 208 g/mol. The van der Waals surface area contributed by atoms with Crippen LogP contribution in [0.3, 0.4) is 0 Å². The smallest absolute Gasteiger partial charge is 0.137 e. The summed E-state index contributed by atoms with van der Waals surface area (Å²) in [4.78, 5) is 3.99. The lowest BCUT2D eigenvalue weighted by Crippen LogP contribution is -2.14. The molecule has 0 aliphatic carbocycles. The van der Waals surface area contributed by atoms with Gasteiger partial charge in [-0.15, -0.1) is 0 Å². The Kier molecular flexibility index (Phi) is 6.58. The van der Waals surface area contributed by atoms with E-state index in [9.17, 15) is 0 Å². The van der Waals surface area contributed by atoms with E-state index in [4.69, 9.17) is 4.74 Å². The normalized spacial score (nSPS) is 10.2. The number of pyridine rings is 1. The summed E-state index contributed by atoms with van der Waals surface area (Å²) in [6, 6.07) is 3.83. The van der Waals surface area contributed by atoms with Gasteiger partial charge in [0.15, 0.2) is 0 Å². The minimum Gasteiger partial charge on any atom is -0.492 e. The van der Waals surface area contributed by atoms with Crippen LogP contribution in [-0.4, -0.2) is 24.7 Å². The lowest BCUT2D eigenvalue weighted by atomic mass is 10.2. The zero-order valence-corrected chi connectivity index (χ0v) is 9.41. The molecule has 0 amide bonds. The quantitative estimate of drug-likeness (QED) is 0.665. The molecule has 0 bridgehead atoms. The zero-order valence-electron chi connectivity index (χ0n) is 9.41. The summed E-state index contributed by atoms with van der Waals surface area (Å²) in [5.41, 5.74) is 0. The Balaban J connectivity index is 1.93. The van der Waals surface area contributed by atoms with Crippen LogP contribution in [0.15, 0.2) is 24.5 Å². The van der Waals surface area contributed by atoms with E-state index in [2.05, 4.69) is 17.2 Å². The van der Waals surface area contributed by atoms with Crippen molar-refractivity contribution in [3.63, 3.8) is 0 Å². The summed E-state index contributed by atoms with van der Waals surface area (Å²) < 4.78 is 5.53. The molecule has 1 heterocycles. The van der Waals surface area contributed by atoms with Gasteiger partial charge in [-0.05, 0) is 44.5 Å². The van der Waals surface area contributed by atoms with Crippen molar-refractivity contribution in [2.75, 3.05) is 19.7 Å². The lowest BCUT2D eigenvalue weighted by Gasteiger charge is -2.05. The van der Waals surface area contributed by atoms with Crippen LogP contribution in [0.5, 0.6) is 5.75 Å². The molecule has 0 unspecified atom stereocenters. The molecule has 0 saturated heterocycles. The molecule has 1 aromatic heterocycles. The minimum atomic E-state index is 0.790. The molecule has 0 aliphatic heterocycles. The molecule has 1 rings (SSSR count). The van der Waals surface area contributed by atoms with Gasteiger partial charge < -0.3 is 10.1 Å². The highest BCUT2D eigenvalue weighted by Crippen LogP contribution is 2.07. The first-order valence-corrected chi connectivity index (χ1v) is 5.67. The molecular formula is C12H20N2O. The highest BCUT2D eigenvalue weighted by Gasteiger charge is 1.92. The molecular weight excluding hydrogens is 188 g/mol. The van der Waals surface area contributed by atoms with E-state index < -0.39 is 0 Å². The van der Waals surface area contributed by atoms with Crippen LogP contribution < -0.4 is 10.1 Å². The van der Waals surface area contributed by atoms with Gasteiger partial charge in [-0.3, -0.25) is 4.98 Å². The number of nitrogens with one attached hydrogen (secondary N) is 1. The summed E-state index contributed by atoms with van der Waals surface area (Å²) >= 11 is 0. The van der Waals surface area contributed by atoms with Gasteiger partial charge in [-0.2, -0.15) is 0 Å². The number of aromatic nitrogens is 1. The summed E-state index contributed by atoms with van der Waals surface area (Å²) in [6.45, 7) is 5.10. The van der Waals surface area contributed by atoms with Crippen molar-refractivity contribution in [3.8, 4) is 5.75 Å². The first kappa shape index (κ1) is 12.0. The zero-order chi connectivity index (χ0) is 10.8. The van der Waals surface area contributed by atoms with Crippen molar-refractivity contribution < 1.29 is 4.74 Å². The molecule has 1 N–H and O–H groups in total. The fourth-order valence-electron chi connectivity index (χ4n) is 1.33. The standard InChI is InChI=1S/C12H20N2O/c1-2-13-8-4-3-5-10-15-12-7-6-9-14-11-12/h6-7,9,11,13H,2-5,8,10H2,1H3. The van der Waals surface area contributed by atoms with Crippen LogP contribution in [0.2, 0.25) is 0 Å². The summed E-state index contributed by atoms with van der Waals surface area (Å²) in [7, 11) is 0. The number of hydrogen-bond acceptors (Lipinski definition) is 3. The predicted octanol–water partition coefficient (Wildman–Crippen LogP) is 2.24. The van der Waals surface area contributed by atoms with Gasteiger partial charge in [0.25, 0.3) is 0 Å². The molecule has 3 heteroatoms. The maximum absolute atomic E-state index is 5.53. The minimum absolute atomic E-state index is 0.790. The van der Waals surface area contributed by atoms with Crippen LogP contribution in [0, 0.1) is 0 Å². The second-order valence-electron chi connectivity index (χ2n) is 3.45. The van der Waals surface area contributed by atoms with Gasteiger partial charge in [0.1, 0.15) is 5.75 Å². The topological polar surface area (TPSA) is 34.1 Å². The van der Waals surface area contributed by atoms with Crippen LogP contribution in [0.1, 0.15) is 26.2 Å². The van der Waals surface area contributed by atoms with Crippen LogP contribution >= 0.6 is 0 Å². The monoisotopic (exact) mass is 208 g/mol. The molecule has 15 heavy (non-hydrogen) atoms. The number of hydrogen-bond donors (Lipinski definition) is 1. The fraction of sp³-hybridized carbons (Fsp3) is 0.583. The Bertz CT molecular complexity index is 239. The Labute approximate surface area is 91.9 Å². The Morgan fingerprint density at radius 2 is 2.27 bits per heavy atom. The molecule has 0 aliphatic rings. The number of unbranched alkanes of at least 4 members (excludes halogenated alkanes) is 2. The van der Waals surface area contributed by atoms with E-state index in [0.29, 0.717) is 0 Å². The summed E-state index contributed by atoms with van der Waals surface area (Å²) in [5, 5.41) is 3.31. The molecule has 0 radical (unpaired) electrons. The van der Waals surface area contributed by atoms with Gasteiger partial charge in [0.2, 0.25) is 0 Å². The molecule has 3 nitrogen and oxygen atoms in total. The van der Waals surface area contributed by atoms with Crippen LogP contribution in [0.25, 0.3) is 0 Å². The van der Waals surface area contributed by atoms with E-state index in [1.54, 1.807) is 12.4 Å². The van der Waals surface area contributed by atoms with Crippen molar-refractivity contribution in [3.05, 3.63) is 24.5 Å². The molecule has 0 fully saturated rings. The Morgan fingerprint density at radius 1 is 1.33 bits per heavy atom. The van der Waals surface area contributed by atoms with E-state index in [1.165, 1.54) is 12.8 Å². The van der Waals surface area contributed by atoms with E-state index >= 15 is 0 Å². The largest absolute Gasteiger partial charge is 0.492 e. The van der Waals surface area contributed by atoms with Gasteiger partial charge >= 0.3 is 0 Å². The van der Waals surface area contributed by atoms with Crippen molar-refractivity contribution in [2.45, 2.75) is 26.2 Å². The molecule has 0 atom stereocenters. The summed E-state index contributed by atoms with van der Waals surface area (Å²) in [5.74, 6) is 0.865. The fourth-order valence-corrected chi connectivity index (χ4v) is 1.33. The molecule has 0 spiro atoms. The van der Waals surface area contributed by atoms with Crippen LogP contribution in [0.4, 0.5) is 0 Å². The lowest BCUT2D eigenvalue weighted by molar-refractivity contribution is 0.304. The third-order valence-electron chi connectivity index (χ3n) is 2.15. The third kappa shape index (κ3) is 6.07. The van der Waals surface area contributed by atoms with Gasteiger partial charge in [-0.1, -0.05) is 6.92 Å². The predicted molar refractivity (Wildman–Crippen MR) is 62.1 cm³/mol. The van der Waals surface area contributed by atoms with Crippen molar-refractivity contribution in [2.24, 2.45) is 0 Å². The van der Waals surface area contributed by atoms with E-state index in [-0.39, 0.29) is 0 Å². The Hall–Kier alpha value is -1.09. The molecule has 0 saturated carbocycles. The van der Waals surface area contributed by atoms with Crippen molar-refractivity contribution in [1.29, 1.82) is 0 Å². The molecule has 0 aromatic carbocycles. The highest BCUT2D eigenvalue weighted by molar-refractivity contribution is 5.15. The number of rotatable bonds is 8. The van der Waals surface area contributed by atoms with Gasteiger partial charge in [0.05, 0.1) is 12.8 Å². The van der Waals surface area contributed by atoms with Gasteiger partial charge in [0, 0.05) is 6.20 Å². The maximum Gasteiger partial charge on any atom is 0.137 e. The maximum atomic E-state index is 5.53. The second kappa shape index (κ2) is 8.24. The van der Waals surface area contributed by atoms with Gasteiger partial charge in [-0.25, -0.2) is 0 Å². The third-order valence-corrected chi connectivity index (χ3v) is 2.15. The highest BCUT2D eigenvalue weighted by atomic mass is 16.5. The Morgan fingerprint density at radius 3 is 3.00 bits per heavy atom. The van der Waals surface area contributed by atoms with Crippen molar-refractivity contribution >= 4 is 0 Å². The van der Waals surface area contributed by atoms with E-state index in [0.717, 1.165) is 31.9 Å². The molecule has 84 valence electrons. The first-order valence-electron chi connectivity index (χ1n) is 5.67. The molecule has 1 aromatic rings. The number of ether oxygens (including phenoxy) is 1. The number of nitrogens with zero attached hydrogens (tertiary/aromatic N) is 1. The van der Waals surface area contributed by atoms with E-state index in [1.807, 2.05) is 12.1 Å². The first-order chi connectivity index (χ1) is 7.43. The summed E-state index contributed by atoms with van der Waals surface area (Å²) in [6.07, 6.45) is 7.06. The average Bonchev–Trinajstić information content (AvgIpc) is 2.29.